The van der Waals surface area contributed by atoms with E-state index in [2.05, 4.69) is 5.32 Å². The van der Waals surface area contributed by atoms with Crippen LogP contribution in [0.1, 0.15) is 21.5 Å². The number of rotatable bonds is 4. The van der Waals surface area contributed by atoms with E-state index in [0.717, 1.165) is 16.8 Å². The number of aryl methyl sites for hydroxylation is 1. The van der Waals surface area contributed by atoms with E-state index >= 15 is 0 Å². The minimum absolute atomic E-state index is 0.148. The van der Waals surface area contributed by atoms with Crippen molar-refractivity contribution in [1.82, 2.24) is 0 Å². The highest BCUT2D eigenvalue weighted by molar-refractivity contribution is 7.97. The first-order valence-electron chi connectivity index (χ1n) is 9.21. The van der Waals surface area contributed by atoms with Crippen molar-refractivity contribution in [3.8, 4) is 0 Å². The molecule has 6 heteroatoms. The summed E-state index contributed by atoms with van der Waals surface area (Å²) in [6.45, 7) is 2.06. The Balaban J connectivity index is 1.80. The standard InChI is InChI=1S/C23H20N2O3S/c1-17-9-5-7-13-20(17)24-15-22-23(26)19-12-6-8-14-21(19)25(29(22,27)28)16-18-10-3-2-4-11-18/h2-15,24H,16H2,1H3. The molecular formula is C23H20N2O3S. The highest BCUT2D eigenvalue weighted by atomic mass is 32.2. The number of nitrogens with one attached hydrogen (secondary N) is 1. The van der Waals surface area contributed by atoms with Crippen molar-refractivity contribution < 1.29 is 13.2 Å². The molecule has 0 saturated heterocycles. The van der Waals surface area contributed by atoms with Crippen LogP contribution < -0.4 is 9.62 Å². The number of allylic oxidation sites excluding steroid dienone is 1. The first kappa shape index (κ1) is 19.0. The molecule has 5 nitrogen and oxygen atoms in total. The Morgan fingerprint density at radius 1 is 0.897 bits per heavy atom. The Morgan fingerprint density at radius 2 is 1.55 bits per heavy atom. The van der Waals surface area contributed by atoms with Crippen LogP contribution in [0.3, 0.4) is 0 Å². The van der Waals surface area contributed by atoms with E-state index in [4.69, 9.17) is 0 Å². The molecule has 3 aromatic rings. The van der Waals surface area contributed by atoms with Crippen LogP contribution in [0.25, 0.3) is 0 Å². The van der Waals surface area contributed by atoms with E-state index in [9.17, 15) is 13.2 Å². The van der Waals surface area contributed by atoms with E-state index < -0.39 is 15.8 Å². The van der Waals surface area contributed by atoms with Crippen molar-refractivity contribution in [2.24, 2.45) is 0 Å². The molecule has 29 heavy (non-hydrogen) atoms. The van der Waals surface area contributed by atoms with Gasteiger partial charge in [0.25, 0.3) is 10.0 Å². The second kappa shape index (κ2) is 7.56. The molecule has 0 radical (unpaired) electrons. The first-order valence-corrected chi connectivity index (χ1v) is 10.7. The first-order chi connectivity index (χ1) is 14.0. The van der Waals surface area contributed by atoms with Crippen LogP contribution in [0.2, 0.25) is 0 Å². The number of carbonyl (C=O) groups excluding carboxylic acids is 1. The van der Waals surface area contributed by atoms with Gasteiger partial charge < -0.3 is 5.32 Å². The fourth-order valence-corrected chi connectivity index (χ4v) is 4.85. The smallest absolute Gasteiger partial charge is 0.270 e. The van der Waals surface area contributed by atoms with Gasteiger partial charge in [-0.05, 0) is 36.2 Å². The molecule has 1 aliphatic heterocycles. The zero-order chi connectivity index (χ0) is 20.4. The quantitative estimate of drug-likeness (QED) is 0.651. The van der Waals surface area contributed by atoms with Crippen molar-refractivity contribution in [2.45, 2.75) is 13.5 Å². The molecule has 146 valence electrons. The summed E-state index contributed by atoms with van der Waals surface area (Å²) in [6, 6.07) is 23.6. The highest BCUT2D eigenvalue weighted by Crippen LogP contribution is 2.36. The largest absolute Gasteiger partial charge is 0.360 e. The summed E-state index contributed by atoms with van der Waals surface area (Å²) >= 11 is 0. The summed E-state index contributed by atoms with van der Waals surface area (Å²) < 4.78 is 28.1. The van der Waals surface area contributed by atoms with Gasteiger partial charge in [-0.15, -0.1) is 0 Å². The zero-order valence-electron chi connectivity index (χ0n) is 15.9. The average molecular weight is 404 g/mol. The molecule has 1 heterocycles. The molecule has 0 fully saturated rings. The van der Waals surface area contributed by atoms with Gasteiger partial charge in [-0.25, -0.2) is 8.42 Å². The van der Waals surface area contributed by atoms with E-state index in [1.807, 2.05) is 61.5 Å². The van der Waals surface area contributed by atoms with E-state index in [0.29, 0.717) is 11.3 Å². The topological polar surface area (TPSA) is 66.5 Å². The summed E-state index contributed by atoms with van der Waals surface area (Å²) in [5.41, 5.74) is 3.31. The molecule has 0 spiro atoms. The summed E-state index contributed by atoms with van der Waals surface area (Å²) in [7, 11) is -4.03. The van der Waals surface area contributed by atoms with Crippen LogP contribution in [0.15, 0.2) is 90.0 Å². The maximum absolute atomic E-state index is 13.4. The van der Waals surface area contributed by atoms with Crippen molar-refractivity contribution in [1.29, 1.82) is 0 Å². The molecule has 0 bridgehead atoms. The van der Waals surface area contributed by atoms with Crippen molar-refractivity contribution >= 4 is 27.2 Å². The molecule has 0 saturated carbocycles. The second-order valence-electron chi connectivity index (χ2n) is 6.81. The fourth-order valence-electron chi connectivity index (χ4n) is 3.32. The molecule has 4 rings (SSSR count). The molecule has 1 N–H and O–H groups in total. The number of Topliss-reactive ketones (excluding diaryl/α,β-unsaturated/α-hetero) is 1. The van der Waals surface area contributed by atoms with Gasteiger partial charge in [0.1, 0.15) is 0 Å². The molecule has 0 aliphatic carbocycles. The number of carbonyl (C=O) groups is 1. The minimum atomic E-state index is -4.03. The third kappa shape index (κ3) is 3.54. The van der Waals surface area contributed by atoms with Gasteiger partial charge in [0.15, 0.2) is 4.91 Å². The maximum atomic E-state index is 13.4. The summed E-state index contributed by atoms with van der Waals surface area (Å²) in [5, 5.41) is 3.00. The fraction of sp³-hybridized carbons (Fsp3) is 0.0870. The number of para-hydroxylation sites is 2. The van der Waals surface area contributed by atoms with E-state index in [-0.39, 0.29) is 11.4 Å². The Hall–Kier alpha value is -3.38. The van der Waals surface area contributed by atoms with Crippen molar-refractivity contribution in [2.75, 3.05) is 9.62 Å². The third-order valence-electron chi connectivity index (χ3n) is 4.88. The van der Waals surface area contributed by atoms with Gasteiger partial charge in [0, 0.05) is 17.5 Å². The number of ketones is 1. The van der Waals surface area contributed by atoms with Gasteiger partial charge in [0.2, 0.25) is 5.78 Å². The summed E-state index contributed by atoms with van der Waals surface area (Å²) in [4.78, 5) is 12.8. The summed E-state index contributed by atoms with van der Waals surface area (Å²) in [6.07, 6.45) is 1.30. The summed E-state index contributed by atoms with van der Waals surface area (Å²) in [5.74, 6) is -0.508. The molecular weight excluding hydrogens is 384 g/mol. The normalized spacial score (nSPS) is 16.5. The lowest BCUT2D eigenvalue weighted by molar-refractivity contribution is 0.104. The molecule has 0 aromatic heterocycles. The van der Waals surface area contributed by atoms with Gasteiger partial charge in [0.05, 0.1) is 12.2 Å². The number of benzene rings is 3. The van der Waals surface area contributed by atoms with Gasteiger partial charge in [-0.1, -0.05) is 60.7 Å². The maximum Gasteiger partial charge on any atom is 0.270 e. The van der Waals surface area contributed by atoms with Crippen molar-refractivity contribution in [3.05, 3.63) is 107 Å². The zero-order valence-corrected chi connectivity index (χ0v) is 16.7. The number of nitrogens with zero attached hydrogens (tertiary/aromatic N) is 1. The Labute approximate surface area is 170 Å². The Bertz CT molecular complexity index is 1200. The lowest BCUT2D eigenvalue weighted by atomic mass is 10.1. The number of sulfonamides is 1. The van der Waals surface area contributed by atoms with Crippen LogP contribution in [-0.2, 0) is 16.6 Å². The van der Waals surface area contributed by atoms with Crippen LogP contribution in [0, 0.1) is 6.92 Å². The van der Waals surface area contributed by atoms with Crippen LogP contribution in [0.4, 0.5) is 11.4 Å². The number of hydrogen-bond acceptors (Lipinski definition) is 4. The van der Waals surface area contributed by atoms with Crippen molar-refractivity contribution in [3.63, 3.8) is 0 Å². The van der Waals surface area contributed by atoms with E-state index in [1.165, 1.54) is 10.5 Å². The molecule has 1 aliphatic rings. The molecule has 3 aromatic carbocycles. The van der Waals surface area contributed by atoms with Gasteiger partial charge in [-0.3, -0.25) is 9.10 Å². The SMILES string of the molecule is Cc1ccccc1NC=C1C(=O)c2ccccc2N(Cc2ccccc2)S1(=O)=O. The molecule has 0 atom stereocenters. The lowest BCUT2D eigenvalue weighted by Crippen LogP contribution is -2.39. The highest BCUT2D eigenvalue weighted by Gasteiger charge is 2.40. The Morgan fingerprint density at radius 3 is 2.31 bits per heavy atom. The number of hydrogen-bond donors (Lipinski definition) is 1. The van der Waals surface area contributed by atoms with Gasteiger partial charge >= 0.3 is 0 Å². The number of fused-ring (bicyclic) bond motifs is 1. The van der Waals surface area contributed by atoms with Gasteiger partial charge in [-0.2, -0.15) is 0 Å². The van der Waals surface area contributed by atoms with Crippen LogP contribution >= 0.6 is 0 Å². The number of anilines is 2. The lowest BCUT2D eigenvalue weighted by Gasteiger charge is -2.31. The minimum Gasteiger partial charge on any atom is -0.360 e. The third-order valence-corrected chi connectivity index (χ3v) is 6.65. The van der Waals surface area contributed by atoms with Crippen LogP contribution in [0.5, 0.6) is 0 Å². The predicted molar refractivity (Wildman–Crippen MR) is 115 cm³/mol. The molecule has 0 amide bonds. The predicted octanol–water partition coefficient (Wildman–Crippen LogP) is 4.48. The Kier molecular flexibility index (Phi) is 4.94. The second-order valence-corrected chi connectivity index (χ2v) is 8.64. The van der Waals surface area contributed by atoms with Crippen LogP contribution in [-0.4, -0.2) is 14.2 Å². The average Bonchev–Trinajstić information content (AvgIpc) is 2.73. The monoisotopic (exact) mass is 404 g/mol. The molecule has 0 unspecified atom stereocenters. The van der Waals surface area contributed by atoms with E-state index in [1.54, 1.807) is 24.3 Å².